The Morgan fingerprint density at radius 1 is 0.654 bits per heavy atom. The molecule has 0 fully saturated rings. The van der Waals surface area contributed by atoms with Crippen molar-refractivity contribution in [2.24, 2.45) is 7.05 Å². The van der Waals surface area contributed by atoms with Crippen molar-refractivity contribution in [3.8, 4) is 0 Å². The third-order valence-corrected chi connectivity index (χ3v) is 6.86. The summed E-state index contributed by atoms with van der Waals surface area (Å²) in [6.07, 6.45) is 0. The van der Waals surface area contributed by atoms with Crippen molar-refractivity contribution in [1.29, 1.82) is 0 Å². The van der Waals surface area contributed by atoms with E-state index in [0.29, 0.717) is 0 Å². The lowest BCUT2D eigenvalue weighted by molar-refractivity contribution is 1.01. The summed E-state index contributed by atoms with van der Waals surface area (Å²) in [5, 5.41) is 10.3. The molecule has 0 aliphatic rings. The minimum absolute atomic E-state index is 1.30. The number of fused-ring (bicyclic) bond motifs is 5. The van der Waals surface area contributed by atoms with Crippen LogP contribution in [0.5, 0.6) is 0 Å². The molecule has 0 spiro atoms. The molecule has 0 atom stereocenters. The van der Waals surface area contributed by atoms with Crippen molar-refractivity contribution in [3.05, 3.63) is 66.0 Å². The highest BCUT2D eigenvalue weighted by Crippen LogP contribution is 2.43. The van der Waals surface area contributed by atoms with Crippen LogP contribution in [0.25, 0.3) is 59.2 Å². The molecule has 0 bridgehead atoms. The van der Waals surface area contributed by atoms with Gasteiger partial charge in [-0.1, -0.05) is 36.4 Å². The van der Waals surface area contributed by atoms with E-state index in [1.54, 1.807) is 0 Å². The minimum Gasteiger partial charge on any atom is -0.344 e. The average Bonchev–Trinajstić information content (AvgIpc) is 3.31. The second kappa shape index (κ2) is 4.19. The molecule has 2 nitrogen and oxygen atoms in total. The van der Waals surface area contributed by atoms with Gasteiger partial charge in [-0.3, -0.25) is 4.40 Å². The van der Waals surface area contributed by atoms with E-state index in [0.717, 1.165) is 0 Å². The highest BCUT2D eigenvalue weighted by Gasteiger charge is 2.20. The molecular weight excluding hydrogens is 336 g/mol. The highest BCUT2D eigenvalue weighted by atomic mass is 32.1. The topological polar surface area (TPSA) is 9.34 Å². The van der Waals surface area contributed by atoms with Crippen LogP contribution in [0.4, 0.5) is 0 Å². The zero-order valence-corrected chi connectivity index (χ0v) is 15.0. The van der Waals surface area contributed by atoms with Crippen LogP contribution in [0.3, 0.4) is 0 Å². The largest absolute Gasteiger partial charge is 0.344 e. The van der Waals surface area contributed by atoms with Crippen LogP contribution in [0.2, 0.25) is 0 Å². The van der Waals surface area contributed by atoms with Gasteiger partial charge in [-0.25, -0.2) is 0 Å². The molecule has 4 aromatic heterocycles. The number of rotatable bonds is 0. The zero-order valence-electron chi connectivity index (χ0n) is 14.2. The number of aromatic nitrogens is 2. The number of aryl methyl sites for hydroxylation is 1. The molecule has 3 heteroatoms. The van der Waals surface area contributed by atoms with E-state index < -0.39 is 0 Å². The van der Waals surface area contributed by atoms with Gasteiger partial charge in [0.25, 0.3) is 0 Å². The Hall–Kier alpha value is -3.04. The number of hydrogen-bond acceptors (Lipinski definition) is 1. The van der Waals surface area contributed by atoms with Crippen LogP contribution in [0.1, 0.15) is 0 Å². The van der Waals surface area contributed by atoms with Gasteiger partial charge in [0.15, 0.2) is 0 Å². The van der Waals surface area contributed by atoms with Gasteiger partial charge < -0.3 is 4.57 Å². The number of benzene rings is 3. The van der Waals surface area contributed by atoms with E-state index in [-0.39, 0.29) is 0 Å². The molecule has 0 amide bonds. The van der Waals surface area contributed by atoms with Gasteiger partial charge in [-0.05, 0) is 35.0 Å². The smallest absolute Gasteiger partial charge is 0.108 e. The summed E-state index contributed by atoms with van der Waals surface area (Å²) >= 11 is 1.83. The maximum atomic E-state index is 2.49. The van der Waals surface area contributed by atoms with E-state index in [1.165, 1.54) is 59.2 Å². The first-order valence-corrected chi connectivity index (χ1v) is 9.74. The van der Waals surface area contributed by atoms with E-state index in [1.807, 2.05) is 11.3 Å². The van der Waals surface area contributed by atoms with Crippen LogP contribution in [0, 0.1) is 0 Å². The molecule has 3 aromatic carbocycles. The Morgan fingerprint density at radius 2 is 1.31 bits per heavy atom. The molecule has 0 aliphatic heterocycles. The van der Waals surface area contributed by atoms with Crippen molar-refractivity contribution < 1.29 is 0 Å². The normalized spacial score (nSPS) is 12.8. The Labute approximate surface area is 152 Å². The Bertz CT molecular complexity index is 1640. The molecular formula is C23H14N2S. The van der Waals surface area contributed by atoms with Crippen molar-refractivity contribution in [2.75, 3.05) is 0 Å². The van der Waals surface area contributed by atoms with Gasteiger partial charge in [0, 0.05) is 39.5 Å². The maximum Gasteiger partial charge on any atom is 0.108 e. The quantitative estimate of drug-likeness (QED) is 0.294. The summed E-state index contributed by atoms with van der Waals surface area (Å²) in [4.78, 5) is 1.34. The fourth-order valence-corrected chi connectivity index (χ4v) is 5.85. The van der Waals surface area contributed by atoms with Crippen molar-refractivity contribution in [3.63, 3.8) is 0 Å². The first kappa shape index (κ1) is 13.2. The lowest BCUT2D eigenvalue weighted by Gasteiger charge is -2.03. The molecule has 0 radical (unpaired) electrons. The SMILES string of the molecule is Cn1c2cccc3c4cccc5c6ccsc6n(c6cccc1c6c32)c45. The summed E-state index contributed by atoms with van der Waals surface area (Å²) in [7, 11) is 2.18. The average molecular weight is 350 g/mol. The number of para-hydroxylation sites is 1. The molecule has 0 unspecified atom stereocenters. The first-order valence-electron chi connectivity index (χ1n) is 8.86. The predicted octanol–water partition coefficient (Wildman–Crippen LogP) is 6.54. The van der Waals surface area contributed by atoms with Crippen LogP contribution in [0.15, 0.2) is 66.0 Å². The molecule has 7 aromatic rings. The maximum absolute atomic E-state index is 2.49. The van der Waals surface area contributed by atoms with Crippen LogP contribution in [-0.4, -0.2) is 8.97 Å². The third kappa shape index (κ3) is 1.27. The summed E-state index contributed by atoms with van der Waals surface area (Å²) in [6, 6.07) is 22.4. The van der Waals surface area contributed by atoms with Crippen LogP contribution >= 0.6 is 11.3 Å². The monoisotopic (exact) mass is 350 g/mol. The molecule has 0 saturated carbocycles. The predicted molar refractivity (Wildman–Crippen MR) is 113 cm³/mol. The van der Waals surface area contributed by atoms with Crippen molar-refractivity contribution >= 4 is 70.6 Å². The van der Waals surface area contributed by atoms with E-state index in [2.05, 4.69) is 82.1 Å². The number of nitrogens with zero attached hydrogens (tertiary/aromatic N) is 2. The van der Waals surface area contributed by atoms with Crippen molar-refractivity contribution in [1.82, 2.24) is 8.97 Å². The van der Waals surface area contributed by atoms with E-state index in [9.17, 15) is 0 Å². The summed E-state index contributed by atoms with van der Waals surface area (Å²) in [5.74, 6) is 0. The second-order valence-electron chi connectivity index (χ2n) is 7.11. The molecule has 122 valence electrons. The summed E-state index contributed by atoms with van der Waals surface area (Å²) in [6.45, 7) is 0. The molecule has 0 aliphatic carbocycles. The Kier molecular flexibility index (Phi) is 2.13. The number of hydrogen-bond donors (Lipinski definition) is 0. The molecule has 7 rings (SSSR count). The summed E-state index contributed by atoms with van der Waals surface area (Å²) < 4.78 is 4.82. The van der Waals surface area contributed by atoms with Crippen molar-refractivity contribution in [2.45, 2.75) is 0 Å². The Morgan fingerprint density at radius 3 is 2.19 bits per heavy atom. The van der Waals surface area contributed by atoms with Gasteiger partial charge in [-0.15, -0.1) is 11.3 Å². The summed E-state index contributed by atoms with van der Waals surface area (Å²) in [5.41, 5.74) is 5.24. The lowest BCUT2D eigenvalue weighted by Crippen LogP contribution is -1.88. The minimum atomic E-state index is 1.30. The fraction of sp³-hybridized carbons (Fsp3) is 0.0435. The molecule has 4 heterocycles. The standard InChI is InChI=1S/C23H14N2S/c1-24-17-8-3-5-13-14-6-2-7-15-16-11-12-26-23(16)25(22(14)15)19-10-4-9-18(24)21(19)20(13)17/h2-12H,1H3. The van der Waals surface area contributed by atoms with Gasteiger partial charge in [0.05, 0.1) is 16.6 Å². The van der Waals surface area contributed by atoms with Gasteiger partial charge in [0.2, 0.25) is 0 Å². The van der Waals surface area contributed by atoms with Crippen LogP contribution in [-0.2, 0) is 7.05 Å². The molecule has 0 saturated heterocycles. The van der Waals surface area contributed by atoms with Gasteiger partial charge in [0.1, 0.15) is 4.83 Å². The van der Waals surface area contributed by atoms with Gasteiger partial charge >= 0.3 is 0 Å². The lowest BCUT2D eigenvalue weighted by atomic mass is 10.0. The zero-order chi connectivity index (χ0) is 17.0. The molecule has 26 heavy (non-hydrogen) atoms. The van der Waals surface area contributed by atoms with E-state index in [4.69, 9.17) is 0 Å². The Balaban J connectivity index is 2.08. The second-order valence-corrected chi connectivity index (χ2v) is 8.00. The first-order chi connectivity index (χ1) is 12.8. The third-order valence-electron chi connectivity index (χ3n) is 5.96. The number of thiophene rings is 1. The van der Waals surface area contributed by atoms with Gasteiger partial charge in [-0.2, -0.15) is 0 Å². The van der Waals surface area contributed by atoms with Crippen LogP contribution < -0.4 is 0 Å². The fourth-order valence-electron chi connectivity index (χ4n) is 4.92. The molecule has 0 N–H and O–H groups in total. The van der Waals surface area contributed by atoms with E-state index >= 15 is 0 Å². The highest BCUT2D eigenvalue weighted by molar-refractivity contribution is 7.17.